The van der Waals surface area contributed by atoms with Crippen molar-refractivity contribution in [2.45, 2.75) is 26.3 Å². The molecular weight excluding hydrogens is 306 g/mol. The maximum absolute atomic E-state index is 12.2. The fourth-order valence-corrected chi connectivity index (χ4v) is 2.50. The van der Waals surface area contributed by atoms with E-state index in [1.54, 1.807) is 6.20 Å². The summed E-state index contributed by atoms with van der Waals surface area (Å²) in [6.45, 7) is 7.99. The quantitative estimate of drug-likeness (QED) is 0.852. The molecule has 0 aromatic carbocycles. The van der Waals surface area contributed by atoms with E-state index < -0.39 is 0 Å². The number of hydrogen-bond acceptors (Lipinski definition) is 3. The van der Waals surface area contributed by atoms with Gasteiger partial charge in [0.2, 0.25) is 5.91 Å². The number of rotatable bonds is 3. The molecule has 0 spiro atoms. The molecule has 1 fully saturated rings. The summed E-state index contributed by atoms with van der Waals surface area (Å²) in [6, 6.07) is 4.38. The number of halogens is 1. The Hall–Kier alpha value is -0.940. The average molecular weight is 326 g/mol. The zero-order chi connectivity index (χ0) is 13.8. The molecular formula is C14H20BrN3O. The van der Waals surface area contributed by atoms with E-state index in [0.717, 1.165) is 36.3 Å². The summed E-state index contributed by atoms with van der Waals surface area (Å²) in [5.41, 5.74) is 0.833. The minimum absolute atomic E-state index is 0.179. The molecule has 0 radical (unpaired) electrons. The molecule has 5 heteroatoms. The number of pyridine rings is 1. The Balaban J connectivity index is 1.86. The highest BCUT2D eigenvalue weighted by molar-refractivity contribution is 9.10. The molecule has 19 heavy (non-hydrogen) atoms. The van der Waals surface area contributed by atoms with Gasteiger partial charge in [0, 0.05) is 48.6 Å². The van der Waals surface area contributed by atoms with Crippen LogP contribution in [0.5, 0.6) is 0 Å². The normalized spacial score (nSPS) is 16.9. The summed E-state index contributed by atoms with van der Waals surface area (Å²) < 4.78 is 0.939. The third kappa shape index (κ3) is 4.01. The van der Waals surface area contributed by atoms with Crippen LogP contribution >= 0.6 is 15.9 Å². The fraction of sp³-hybridized carbons (Fsp3) is 0.571. The summed E-state index contributed by atoms with van der Waals surface area (Å²) in [7, 11) is 0. The van der Waals surface area contributed by atoms with E-state index in [-0.39, 0.29) is 5.91 Å². The third-order valence-corrected chi connectivity index (χ3v) is 3.99. The smallest absolute Gasteiger partial charge is 0.228 e. The van der Waals surface area contributed by atoms with E-state index in [2.05, 4.69) is 39.7 Å². The van der Waals surface area contributed by atoms with Crippen molar-refractivity contribution in [3.05, 3.63) is 28.5 Å². The summed E-state index contributed by atoms with van der Waals surface area (Å²) in [5.74, 6) is 0.179. The second-order valence-electron chi connectivity index (χ2n) is 5.16. The topological polar surface area (TPSA) is 36.4 Å². The second kappa shape index (κ2) is 6.48. The summed E-state index contributed by atoms with van der Waals surface area (Å²) in [6.07, 6.45) is 2.13. The molecule has 0 bridgehead atoms. The Morgan fingerprint density at radius 1 is 1.32 bits per heavy atom. The lowest BCUT2D eigenvalue weighted by atomic mass is 10.2. The van der Waals surface area contributed by atoms with Crippen LogP contribution in [-0.2, 0) is 11.2 Å². The Morgan fingerprint density at radius 3 is 2.53 bits per heavy atom. The zero-order valence-electron chi connectivity index (χ0n) is 11.5. The molecule has 0 saturated carbocycles. The standard InChI is InChI=1S/C14H20BrN3O/c1-11(2)17-5-7-18(8-6-17)14(19)9-13-4-3-12(15)10-16-13/h3-4,10-11H,5-9H2,1-2H3. The van der Waals surface area contributed by atoms with E-state index in [1.165, 1.54) is 0 Å². The average Bonchev–Trinajstić information content (AvgIpc) is 2.41. The summed E-state index contributed by atoms with van der Waals surface area (Å²) in [4.78, 5) is 20.8. The lowest BCUT2D eigenvalue weighted by Gasteiger charge is -2.36. The van der Waals surface area contributed by atoms with Crippen molar-refractivity contribution < 1.29 is 4.79 Å². The number of piperazine rings is 1. The van der Waals surface area contributed by atoms with Gasteiger partial charge in [-0.05, 0) is 41.9 Å². The Labute approximate surface area is 122 Å². The van der Waals surface area contributed by atoms with Crippen LogP contribution in [-0.4, -0.2) is 52.9 Å². The van der Waals surface area contributed by atoms with E-state index in [9.17, 15) is 4.79 Å². The molecule has 1 aliphatic heterocycles. The molecule has 1 amide bonds. The van der Waals surface area contributed by atoms with Gasteiger partial charge in [0.1, 0.15) is 0 Å². The van der Waals surface area contributed by atoms with Crippen LogP contribution in [0.2, 0.25) is 0 Å². The monoisotopic (exact) mass is 325 g/mol. The number of hydrogen-bond donors (Lipinski definition) is 0. The molecule has 0 aliphatic carbocycles. The van der Waals surface area contributed by atoms with Gasteiger partial charge in [-0.2, -0.15) is 0 Å². The molecule has 0 N–H and O–H groups in total. The van der Waals surface area contributed by atoms with E-state index in [4.69, 9.17) is 0 Å². The van der Waals surface area contributed by atoms with Gasteiger partial charge in [0.25, 0.3) is 0 Å². The molecule has 1 aromatic rings. The minimum Gasteiger partial charge on any atom is -0.340 e. The molecule has 104 valence electrons. The predicted molar refractivity (Wildman–Crippen MR) is 78.9 cm³/mol. The van der Waals surface area contributed by atoms with Gasteiger partial charge < -0.3 is 4.90 Å². The van der Waals surface area contributed by atoms with Crippen LogP contribution in [0.1, 0.15) is 19.5 Å². The zero-order valence-corrected chi connectivity index (χ0v) is 13.1. The lowest BCUT2D eigenvalue weighted by molar-refractivity contribution is -0.132. The van der Waals surface area contributed by atoms with Crippen LogP contribution in [0.4, 0.5) is 0 Å². The molecule has 4 nitrogen and oxygen atoms in total. The second-order valence-corrected chi connectivity index (χ2v) is 6.07. The number of carbonyl (C=O) groups is 1. The van der Waals surface area contributed by atoms with Crippen LogP contribution in [0.3, 0.4) is 0 Å². The number of nitrogens with zero attached hydrogens (tertiary/aromatic N) is 3. The van der Waals surface area contributed by atoms with Crippen molar-refractivity contribution in [1.29, 1.82) is 0 Å². The maximum atomic E-state index is 12.2. The van der Waals surface area contributed by atoms with Crippen molar-refractivity contribution in [2.75, 3.05) is 26.2 Å². The predicted octanol–water partition coefficient (Wildman–Crippen LogP) is 1.94. The van der Waals surface area contributed by atoms with Crippen molar-refractivity contribution in [2.24, 2.45) is 0 Å². The van der Waals surface area contributed by atoms with Gasteiger partial charge in [0.15, 0.2) is 0 Å². The first kappa shape index (κ1) is 14.5. The number of aromatic nitrogens is 1. The number of carbonyl (C=O) groups excluding carboxylic acids is 1. The van der Waals surface area contributed by atoms with Gasteiger partial charge in [-0.25, -0.2) is 0 Å². The maximum Gasteiger partial charge on any atom is 0.228 e. The highest BCUT2D eigenvalue weighted by atomic mass is 79.9. The summed E-state index contributed by atoms with van der Waals surface area (Å²) in [5, 5.41) is 0. The molecule has 2 rings (SSSR count). The largest absolute Gasteiger partial charge is 0.340 e. The fourth-order valence-electron chi connectivity index (χ4n) is 2.27. The molecule has 2 heterocycles. The van der Waals surface area contributed by atoms with Crippen LogP contribution in [0, 0.1) is 0 Å². The van der Waals surface area contributed by atoms with Crippen molar-refractivity contribution in [1.82, 2.24) is 14.8 Å². The van der Waals surface area contributed by atoms with Gasteiger partial charge in [-0.1, -0.05) is 0 Å². The molecule has 1 aliphatic rings. The third-order valence-electron chi connectivity index (χ3n) is 3.52. The minimum atomic E-state index is 0.179. The van der Waals surface area contributed by atoms with Crippen LogP contribution in [0.25, 0.3) is 0 Å². The van der Waals surface area contributed by atoms with Crippen molar-refractivity contribution >= 4 is 21.8 Å². The van der Waals surface area contributed by atoms with Gasteiger partial charge in [0.05, 0.1) is 6.42 Å². The molecule has 0 unspecified atom stereocenters. The Bertz CT molecular complexity index is 425. The van der Waals surface area contributed by atoms with Crippen LogP contribution in [0.15, 0.2) is 22.8 Å². The van der Waals surface area contributed by atoms with Gasteiger partial charge in [-0.15, -0.1) is 0 Å². The molecule has 0 atom stereocenters. The van der Waals surface area contributed by atoms with Crippen molar-refractivity contribution in [3.8, 4) is 0 Å². The SMILES string of the molecule is CC(C)N1CCN(C(=O)Cc2ccc(Br)cn2)CC1. The van der Waals surface area contributed by atoms with E-state index >= 15 is 0 Å². The highest BCUT2D eigenvalue weighted by Gasteiger charge is 2.22. The first-order chi connectivity index (χ1) is 9.06. The van der Waals surface area contributed by atoms with E-state index in [1.807, 2.05) is 17.0 Å². The number of amides is 1. The molecule has 1 saturated heterocycles. The van der Waals surface area contributed by atoms with Gasteiger partial charge in [-0.3, -0.25) is 14.7 Å². The Morgan fingerprint density at radius 2 is 2.00 bits per heavy atom. The first-order valence-electron chi connectivity index (χ1n) is 6.68. The first-order valence-corrected chi connectivity index (χ1v) is 7.48. The Kier molecular flexibility index (Phi) is 4.93. The molecule has 1 aromatic heterocycles. The summed E-state index contributed by atoms with van der Waals surface area (Å²) >= 11 is 3.35. The van der Waals surface area contributed by atoms with E-state index in [0.29, 0.717) is 12.5 Å². The lowest BCUT2D eigenvalue weighted by Crippen LogP contribution is -2.51. The van der Waals surface area contributed by atoms with Gasteiger partial charge >= 0.3 is 0 Å². The van der Waals surface area contributed by atoms with Crippen molar-refractivity contribution in [3.63, 3.8) is 0 Å². The highest BCUT2D eigenvalue weighted by Crippen LogP contribution is 2.10. The van der Waals surface area contributed by atoms with Crippen LogP contribution < -0.4 is 0 Å².